The first-order valence-electron chi connectivity index (χ1n) is 8.08. The molecule has 1 aromatic rings. The van der Waals surface area contributed by atoms with E-state index in [9.17, 15) is 4.79 Å². The molecule has 1 fully saturated rings. The number of aryl methyl sites for hydroxylation is 1. The summed E-state index contributed by atoms with van der Waals surface area (Å²) in [5, 5.41) is 5.79. The number of urea groups is 1. The van der Waals surface area contributed by atoms with Gasteiger partial charge in [-0.3, -0.25) is 4.90 Å². The summed E-state index contributed by atoms with van der Waals surface area (Å²) in [5.41, 5.74) is 2.06. The Morgan fingerprint density at radius 1 is 1.32 bits per heavy atom. The molecule has 0 bridgehead atoms. The molecule has 1 heterocycles. The Balaban J connectivity index is 1.71. The molecule has 1 aromatic carbocycles. The van der Waals surface area contributed by atoms with Gasteiger partial charge in [-0.05, 0) is 38.0 Å². The van der Waals surface area contributed by atoms with Crippen LogP contribution in [-0.2, 0) is 11.2 Å². The second kappa shape index (κ2) is 8.15. The van der Waals surface area contributed by atoms with Crippen LogP contribution in [0.5, 0.6) is 0 Å². The molecule has 2 amide bonds. The number of amides is 2. The van der Waals surface area contributed by atoms with Crippen LogP contribution in [0.15, 0.2) is 24.3 Å². The number of carbonyl (C=O) groups is 1. The minimum atomic E-state index is -0.150. The van der Waals surface area contributed by atoms with Crippen molar-refractivity contribution in [2.45, 2.75) is 39.4 Å². The van der Waals surface area contributed by atoms with Gasteiger partial charge in [0.15, 0.2) is 0 Å². The van der Waals surface area contributed by atoms with E-state index in [1.165, 1.54) is 5.56 Å². The predicted molar refractivity (Wildman–Crippen MR) is 89.3 cm³/mol. The molecule has 0 aliphatic carbocycles. The molecule has 1 saturated heterocycles. The maximum absolute atomic E-state index is 11.9. The predicted octanol–water partition coefficient (Wildman–Crippen LogP) is 2.48. The van der Waals surface area contributed by atoms with Gasteiger partial charge in [0, 0.05) is 31.9 Å². The lowest BCUT2D eigenvalue weighted by molar-refractivity contribution is -0.0672. The van der Waals surface area contributed by atoms with Crippen molar-refractivity contribution in [2.24, 2.45) is 0 Å². The van der Waals surface area contributed by atoms with E-state index in [0.717, 1.165) is 31.7 Å². The Bertz CT molecular complexity index is 483. The van der Waals surface area contributed by atoms with Gasteiger partial charge in [-0.2, -0.15) is 0 Å². The Kier molecular flexibility index (Phi) is 6.21. The lowest BCUT2D eigenvalue weighted by atomic mass is 10.1. The zero-order chi connectivity index (χ0) is 15.9. The minimum absolute atomic E-state index is 0.150. The van der Waals surface area contributed by atoms with Crippen LogP contribution in [0.3, 0.4) is 0 Å². The maximum atomic E-state index is 11.9. The topological polar surface area (TPSA) is 53.6 Å². The highest BCUT2D eigenvalue weighted by atomic mass is 16.5. The highest BCUT2D eigenvalue weighted by Crippen LogP contribution is 2.11. The van der Waals surface area contributed by atoms with Gasteiger partial charge in [-0.15, -0.1) is 0 Å². The van der Waals surface area contributed by atoms with Crippen LogP contribution in [0.1, 0.15) is 26.3 Å². The third-order valence-electron chi connectivity index (χ3n) is 3.80. The number of carbonyl (C=O) groups excluding carboxylic acids is 1. The highest BCUT2D eigenvalue weighted by Gasteiger charge is 2.21. The van der Waals surface area contributed by atoms with Crippen molar-refractivity contribution in [3.63, 3.8) is 0 Å². The molecule has 122 valence electrons. The zero-order valence-electron chi connectivity index (χ0n) is 13.8. The van der Waals surface area contributed by atoms with Gasteiger partial charge in [-0.25, -0.2) is 4.79 Å². The van der Waals surface area contributed by atoms with Crippen molar-refractivity contribution in [3.8, 4) is 0 Å². The Morgan fingerprint density at radius 3 is 2.73 bits per heavy atom. The Hall–Kier alpha value is -1.59. The van der Waals surface area contributed by atoms with Crippen LogP contribution in [0.2, 0.25) is 0 Å². The van der Waals surface area contributed by atoms with Gasteiger partial charge in [0.05, 0.1) is 12.2 Å². The standard InChI is InChI=1S/C17H27N3O2/c1-4-15-6-5-7-16(10-15)19-17(21)18-8-9-20-11-13(2)22-14(3)12-20/h5-7,10,13-14H,4,8-9,11-12H2,1-3H3,(H2,18,19,21)/t13-,14-/m1/s1. The first-order valence-corrected chi connectivity index (χ1v) is 8.08. The second-order valence-corrected chi connectivity index (χ2v) is 5.95. The molecular formula is C17H27N3O2. The van der Waals surface area contributed by atoms with Gasteiger partial charge in [0.2, 0.25) is 0 Å². The Labute approximate surface area is 133 Å². The maximum Gasteiger partial charge on any atom is 0.319 e. The number of nitrogens with zero attached hydrogens (tertiary/aromatic N) is 1. The summed E-state index contributed by atoms with van der Waals surface area (Å²) in [5.74, 6) is 0. The molecular weight excluding hydrogens is 278 g/mol. The summed E-state index contributed by atoms with van der Waals surface area (Å²) >= 11 is 0. The van der Waals surface area contributed by atoms with E-state index in [1.54, 1.807) is 0 Å². The van der Waals surface area contributed by atoms with Crippen LogP contribution in [0.4, 0.5) is 10.5 Å². The number of anilines is 1. The van der Waals surface area contributed by atoms with Gasteiger partial charge in [0.25, 0.3) is 0 Å². The van der Waals surface area contributed by atoms with Crippen molar-refractivity contribution < 1.29 is 9.53 Å². The summed E-state index contributed by atoms with van der Waals surface area (Å²) in [6, 6.07) is 7.78. The fraction of sp³-hybridized carbons (Fsp3) is 0.588. The monoisotopic (exact) mass is 305 g/mol. The molecule has 2 rings (SSSR count). The first-order chi connectivity index (χ1) is 10.6. The second-order valence-electron chi connectivity index (χ2n) is 5.95. The van der Waals surface area contributed by atoms with Crippen molar-refractivity contribution in [1.29, 1.82) is 0 Å². The van der Waals surface area contributed by atoms with E-state index < -0.39 is 0 Å². The number of nitrogens with one attached hydrogen (secondary N) is 2. The van der Waals surface area contributed by atoms with E-state index in [1.807, 2.05) is 18.2 Å². The van der Waals surface area contributed by atoms with Gasteiger partial charge >= 0.3 is 6.03 Å². The normalized spacial score (nSPS) is 22.3. The third kappa shape index (κ3) is 5.31. The first kappa shape index (κ1) is 16.8. The molecule has 22 heavy (non-hydrogen) atoms. The average Bonchev–Trinajstić information content (AvgIpc) is 2.46. The van der Waals surface area contributed by atoms with E-state index in [-0.39, 0.29) is 18.2 Å². The fourth-order valence-corrected chi connectivity index (χ4v) is 2.84. The fourth-order valence-electron chi connectivity index (χ4n) is 2.84. The lowest BCUT2D eigenvalue weighted by Crippen LogP contribution is -2.48. The van der Waals surface area contributed by atoms with Gasteiger partial charge < -0.3 is 15.4 Å². The molecule has 0 saturated carbocycles. The summed E-state index contributed by atoms with van der Waals surface area (Å²) in [6.07, 6.45) is 1.48. The van der Waals surface area contributed by atoms with Crippen molar-refractivity contribution in [3.05, 3.63) is 29.8 Å². The van der Waals surface area contributed by atoms with Gasteiger partial charge in [-0.1, -0.05) is 19.1 Å². The van der Waals surface area contributed by atoms with Crippen LogP contribution in [0, 0.1) is 0 Å². The molecule has 1 aliphatic rings. The molecule has 5 nitrogen and oxygen atoms in total. The lowest BCUT2D eigenvalue weighted by Gasteiger charge is -2.35. The van der Waals surface area contributed by atoms with Gasteiger partial charge in [0.1, 0.15) is 0 Å². The molecule has 2 atom stereocenters. The van der Waals surface area contributed by atoms with E-state index >= 15 is 0 Å². The highest BCUT2D eigenvalue weighted by molar-refractivity contribution is 5.89. The number of morpholine rings is 1. The van der Waals surface area contributed by atoms with E-state index in [2.05, 4.69) is 42.4 Å². The quantitative estimate of drug-likeness (QED) is 0.879. The summed E-state index contributed by atoms with van der Waals surface area (Å²) < 4.78 is 5.70. The average molecular weight is 305 g/mol. The SMILES string of the molecule is CCc1cccc(NC(=O)NCCN2C[C@@H](C)O[C@H](C)C2)c1. The summed E-state index contributed by atoms with van der Waals surface area (Å²) in [4.78, 5) is 14.2. The van der Waals surface area contributed by atoms with Crippen molar-refractivity contribution in [1.82, 2.24) is 10.2 Å². The van der Waals surface area contributed by atoms with Crippen molar-refractivity contribution in [2.75, 3.05) is 31.5 Å². The molecule has 5 heteroatoms. The van der Waals surface area contributed by atoms with Crippen LogP contribution < -0.4 is 10.6 Å². The summed E-state index contributed by atoms with van der Waals surface area (Å²) in [6.45, 7) is 9.61. The Morgan fingerprint density at radius 2 is 2.05 bits per heavy atom. The third-order valence-corrected chi connectivity index (χ3v) is 3.80. The molecule has 0 radical (unpaired) electrons. The van der Waals surface area contributed by atoms with Crippen LogP contribution >= 0.6 is 0 Å². The number of hydrogen-bond acceptors (Lipinski definition) is 3. The zero-order valence-corrected chi connectivity index (χ0v) is 13.8. The molecule has 0 aromatic heterocycles. The van der Waals surface area contributed by atoms with E-state index in [0.29, 0.717) is 6.54 Å². The number of ether oxygens (including phenoxy) is 1. The summed E-state index contributed by atoms with van der Waals surface area (Å²) in [7, 11) is 0. The largest absolute Gasteiger partial charge is 0.373 e. The van der Waals surface area contributed by atoms with E-state index in [4.69, 9.17) is 4.74 Å². The number of hydrogen-bond donors (Lipinski definition) is 2. The minimum Gasteiger partial charge on any atom is -0.373 e. The molecule has 0 spiro atoms. The molecule has 2 N–H and O–H groups in total. The van der Waals surface area contributed by atoms with Crippen LogP contribution in [0.25, 0.3) is 0 Å². The smallest absolute Gasteiger partial charge is 0.319 e. The van der Waals surface area contributed by atoms with Crippen LogP contribution in [-0.4, -0.2) is 49.3 Å². The number of benzene rings is 1. The molecule has 0 unspecified atom stereocenters. The molecule has 1 aliphatic heterocycles. The van der Waals surface area contributed by atoms with Crippen molar-refractivity contribution >= 4 is 11.7 Å². The number of rotatable bonds is 5.